The summed E-state index contributed by atoms with van der Waals surface area (Å²) in [6.45, 7) is 2.29. The summed E-state index contributed by atoms with van der Waals surface area (Å²) in [5.74, 6) is -2.61. The second kappa shape index (κ2) is 12.3. The number of esters is 1. The van der Waals surface area contributed by atoms with E-state index in [2.05, 4.69) is 15.4 Å². The van der Waals surface area contributed by atoms with Crippen LogP contribution in [0.1, 0.15) is 19.8 Å². The van der Waals surface area contributed by atoms with Gasteiger partial charge in [-0.2, -0.15) is 0 Å². The van der Waals surface area contributed by atoms with E-state index in [4.69, 9.17) is 15.2 Å². The molecule has 0 aliphatic rings. The van der Waals surface area contributed by atoms with Gasteiger partial charge >= 0.3 is 5.97 Å². The molecule has 4 N–H and O–H groups in total. The van der Waals surface area contributed by atoms with Gasteiger partial charge in [0.15, 0.2) is 0 Å². The number of carbonyl (C=O) groups excluding carboxylic acids is 4. The van der Waals surface area contributed by atoms with Crippen LogP contribution in [0.4, 0.5) is 0 Å². The third-order valence-electron chi connectivity index (χ3n) is 2.88. The highest BCUT2D eigenvalue weighted by atomic mass is 16.5. The maximum Gasteiger partial charge on any atom is 0.328 e. The molecule has 0 unspecified atom stereocenters. The summed E-state index contributed by atoms with van der Waals surface area (Å²) in [6.07, 6.45) is -0.394. The number of nitrogens with one attached hydrogen (secondary N) is 2. The quantitative estimate of drug-likeness (QED) is 0.275. The van der Waals surface area contributed by atoms with Crippen molar-refractivity contribution in [2.45, 2.75) is 31.8 Å². The van der Waals surface area contributed by atoms with Crippen molar-refractivity contribution in [3.05, 3.63) is 0 Å². The van der Waals surface area contributed by atoms with Gasteiger partial charge in [0.2, 0.25) is 17.7 Å². The molecule has 2 atom stereocenters. The van der Waals surface area contributed by atoms with Crippen molar-refractivity contribution < 1.29 is 33.4 Å². The Balaban J connectivity index is 4.48. The van der Waals surface area contributed by atoms with Crippen molar-refractivity contribution in [2.24, 2.45) is 5.73 Å². The number of hydrogen-bond donors (Lipinski definition) is 3. The second-order valence-corrected chi connectivity index (χ2v) is 4.90. The number of methoxy groups -OCH3 is 2. The molecule has 0 aromatic carbocycles. The molecule has 0 heterocycles. The number of primary amides is 1. The van der Waals surface area contributed by atoms with E-state index in [1.165, 1.54) is 21.1 Å². The summed E-state index contributed by atoms with van der Waals surface area (Å²) in [5.41, 5.74) is 5.08. The summed E-state index contributed by atoms with van der Waals surface area (Å²) in [6, 6.07) is -2.10. The van der Waals surface area contributed by atoms with Crippen LogP contribution in [0.2, 0.25) is 0 Å². The first-order valence-electron chi connectivity index (χ1n) is 7.34. The normalized spacial score (nSPS) is 12.8. The van der Waals surface area contributed by atoms with E-state index in [0.29, 0.717) is 13.2 Å². The van der Waals surface area contributed by atoms with Crippen molar-refractivity contribution in [3.8, 4) is 0 Å². The average molecular weight is 347 g/mol. The van der Waals surface area contributed by atoms with Crippen LogP contribution >= 0.6 is 0 Å². The van der Waals surface area contributed by atoms with Gasteiger partial charge in [-0.3, -0.25) is 14.4 Å². The van der Waals surface area contributed by atoms with Crippen molar-refractivity contribution in [3.63, 3.8) is 0 Å². The van der Waals surface area contributed by atoms with E-state index in [9.17, 15) is 19.2 Å². The molecule has 24 heavy (non-hydrogen) atoms. The van der Waals surface area contributed by atoms with Crippen molar-refractivity contribution >= 4 is 23.7 Å². The molecule has 0 aromatic heterocycles. The fraction of sp³-hybridized carbons (Fsp3) is 0.714. The van der Waals surface area contributed by atoms with E-state index in [1.807, 2.05) is 0 Å². The van der Waals surface area contributed by atoms with E-state index >= 15 is 0 Å². The zero-order valence-electron chi connectivity index (χ0n) is 14.1. The lowest BCUT2D eigenvalue weighted by Gasteiger charge is -2.19. The largest absolute Gasteiger partial charge is 0.467 e. The number of nitrogens with two attached hydrogens (primary N) is 1. The number of rotatable bonds is 12. The Hall–Kier alpha value is -2.20. The predicted molar refractivity (Wildman–Crippen MR) is 82.7 cm³/mol. The molecule has 0 rings (SSSR count). The van der Waals surface area contributed by atoms with E-state index in [0.717, 1.165) is 0 Å². The highest BCUT2D eigenvalue weighted by Crippen LogP contribution is 1.97. The van der Waals surface area contributed by atoms with Gasteiger partial charge < -0.3 is 30.6 Å². The lowest BCUT2D eigenvalue weighted by atomic mass is 10.1. The molecular weight excluding hydrogens is 322 g/mol. The molecule has 0 bridgehead atoms. The highest BCUT2D eigenvalue weighted by Gasteiger charge is 2.26. The van der Waals surface area contributed by atoms with E-state index in [-0.39, 0.29) is 13.0 Å². The predicted octanol–water partition coefficient (Wildman–Crippen LogP) is -1.92. The molecule has 3 amide bonds. The number of carbonyl (C=O) groups is 4. The van der Waals surface area contributed by atoms with Crippen LogP contribution < -0.4 is 16.4 Å². The van der Waals surface area contributed by atoms with Gasteiger partial charge in [0.05, 0.1) is 33.4 Å². The maximum atomic E-state index is 12.1. The standard InChI is InChI=1S/C14H25N3O7/c1-9(14(21)23-3)16-13(20)10(8-11(15)18)17-12(19)4-5-24-7-6-22-2/h9-10H,4-8H2,1-3H3,(H2,15,18)(H,16,20)(H,17,19)/t9-,10+/m0/s1. The van der Waals surface area contributed by atoms with Crippen LogP contribution in [0.3, 0.4) is 0 Å². The van der Waals surface area contributed by atoms with Crippen LogP contribution in [-0.2, 0) is 33.4 Å². The SMILES string of the molecule is COCCOCCC(=O)N[C@H](CC(N)=O)C(=O)N[C@@H](C)C(=O)OC. The number of hydrogen-bond acceptors (Lipinski definition) is 7. The van der Waals surface area contributed by atoms with Gasteiger partial charge in [-0.25, -0.2) is 4.79 Å². The maximum absolute atomic E-state index is 12.1. The molecular formula is C14H25N3O7. The molecule has 0 saturated carbocycles. The van der Waals surface area contributed by atoms with Gasteiger partial charge in [0, 0.05) is 13.5 Å². The Morgan fingerprint density at radius 1 is 1.04 bits per heavy atom. The lowest BCUT2D eigenvalue weighted by molar-refractivity contribution is -0.144. The smallest absolute Gasteiger partial charge is 0.328 e. The summed E-state index contributed by atoms with van der Waals surface area (Å²) >= 11 is 0. The Bertz CT molecular complexity index is 442. The highest BCUT2D eigenvalue weighted by molar-refractivity contribution is 5.93. The zero-order valence-corrected chi connectivity index (χ0v) is 14.1. The first-order valence-corrected chi connectivity index (χ1v) is 7.34. The topological polar surface area (TPSA) is 146 Å². The molecule has 0 fully saturated rings. The van der Waals surface area contributed by atoms with Gasteiger partial charge in [-0.15, -0.1) is 0 Å². The van der Waals surface area contributed by atoms with Crippen LogP contribution in [0.25, 0.3) is 0 Å². The molecule has 0 radical (unpaired) electrons. The summed E-state index contributed by atoms with van der Waals surface area (Å²) in [7, 11) is 2.70. The third-order valence-corrected chi connectivity index (χ3v) is 2.88. The van der Waals surface area contributed by atoms with Crippen LogP contribution in [0.15, 0.2) is 0 Å². The Morgan fingerprint density at radius 2 is 1.71 bits per heavy atom. The van der Waals surface area contributed by atoms with Gasteiger partial charge in [-0.1, -0.05) is 0 Å². The Labute approximate surface area is 140 Å². The fourth-order valence-corrected chi connectivity index (χ4v) is 1.64. The van der Waals surface area contributed by atoms with Crippen molar-refractivity contribution in [1.82, 2.24) is 10.6 Å². The number of ether oxygens (including phenoxy) is 3. The van der Waals surface area contributed by atoms with Crippen molar-refractivity contribution in [2.75, 3.05) is 34.0 Å². The number of amides is 3. The lowest BCUT2D eigenvalue weighted by Crippen LogP contribution is -2.52. The van der Waals surface area contributed by atoms with Crippen molar-refractivity contribution in [1.29, 1.82) is 0 Å². The van der Waals surface area contributed by atoms with Crippen LogP contribution in [0, 0.1) is 0 Å². The molecule has 0 spiro atoms. The monoisotopic (exact) mass is 347 g/mol. The molecule has 0 aliphatic heterocycles. The molecule has 10 heteroatoms. The average Bonchev–Trinajstić information content (AvgIpc) is 2.52. The first kappa shape index (κ1) is 21.8. The molecule has 0 aliphatic carbocycles. The minimum Gasteiger partial charge on any atom is -0.467 e. The van der Waals surface area contributed by atoms with E-state index < -0.39 is 42.2 Å². The summed E-state index contributed by atoms with van der Waals surface area (Å²) in [5, 5.41) is 4.73. The van der Waals surface area contributed by atoms with E-state index in [1.54, 1.807) is 0 Å². The minimum absolute atomic E-state index is 0.00118. The molecule has 0 aromatic rings. The van der Waals surface area contributed by atoms with Gasteiger partial charge in [-0.05, 0) is 6.92 Å². The first-order chi connectivity index (χ1) is 11.3. The summed E-state index contributed by atoms with van der Waals surface area (Å²) < 4.78 is 14.4. The summed E-state index contributed by atoms with van der Waals surface area (Å²) in [4.78, 5) is 46.2. The third kappa shape index (κ3) is 9.74. The van der Waals surface area contributed by atoms with Gasteiger partial charge in [0.1, 0.15) is 12.1 Å². The molecule has 10 nitrogen and oxygen atoms in total. The second-order valence-electron chi connectivity index (χ2n) is 4.90. The zero-order chi connectivity index (χ0) is 18.5. The van der Waals surface area contributed by atoms with Gasteiger partial charge in [0.25, 0.3) is 0 Å². The Kier molecular flexibility index (Phi) is 11.1. The van der Waals surface area contributed by atoms with Crippen LogP contribution in [0.5, 0.6) is 0 Å². The minimum atomic E-state index is -1.18. The fourth-order valence-electron chi connectivity index (χ4n) is 1.64. The molecule has 138 valence electrons. The molecule has 0 saturated heterocycles. The Morgan fingerprint density at radius 3 is 2.25 bits per heavy atom. The van der Waals surface area contributed by atoms with Crippen LogP contribution in [-0.4, -0.2) is 69.8 Å².